The van der Waals surface area contributed by atoms with Crippen molar-refractivity contribution in [2.24, 2.45) is 0 Å². The van der Waals surface area contributed by atoms with Crippen LogP contribution >= 0.6 is 0 Å². The maximum absolute atomic E-state index is 7.05. The van der Waals surface area contributed by atoms with E-state index in [0.29, 0.717) is 25.5 Å². The molecule has 0 saturated carbocycles. The largest absolute Gasteiger partial charge is 0.487 e. The van der Waals surface area contributed by atoms with Gasteiger partial charge in [0.25, 0.3) is 8.32 Å². The Morgan fingerprint density at radius 1 is 0.775 bits per heavy atom. The van der Waals surface area contributed by atoms with E-state index >= 15 is 0 Å². The summed E-state index contributed by atoms with van der Waals surface area (Å²) < 4.78 is 19.0. The van der Waals surface area contributed by atoms with Crippen molar-refractivity contribution in [3.8, 4) is 17.2 Å². The van der Waals surface area contributed by atoms with Crippen LogP contribution in [-0.4, -0.2) is 24.9 Å². The topological polar surface area (TPSA) is 57.4 Å². The second-order valence-electron chi connectivity index (χ2n) is 10.9. The van der Waals surface area contributed by atoms with Crippen molar-refractivity contribution in [3.05, 3.63) is 126 Å². The first kappa shape index (κ1) is 27.6. The van der Waals surface area contributed by atoms with E-state index in [4.69, 9.17) is 18.6 Å². The Morgan fingerprint density at radius 2 is 1.40 bits per heavy atom. The smallest absolute Gasteiger partial charge is 0.261 e. The lowest BCUT2D eigenvalue weighted by Crippen LogP contribution is -2.66. The number of ether oxygens (including phenoxy) is 1. The molecule has 0 spiro atoms. The molecular formula is C34H36N2O3Si. The van der Waals surface area contributed by atoms with E-state index < -0.39 is 8.32 Å². The zero-order valence-corrected chi connectivity index (χ0v) is 24.6. The van der Waals surface area contributed by atoms with E-state index in [1.54, 1.807) is 6.20 Å². The Kier molecular flexibility index (Phi) is 8.29. The van der Waals surface area contributed by atoms with Crippen molar-refractivity contribution in [3.63, 3.8) is 0 Å². The molecule has 0 atom stereocenters. The average Bonchev–Trinajstić information content (AvgIpc) is 3.35. The lowest BCUT2D eigenvalue weighted by atomic mass is 10.2. The Morgan fingerprint density at radius 3 is 1.98 bits per heavy atom. The van der Waals surface area contributed by atoms with Crippen molar-refractivity contribution < 1.29 is 13.6 Å². The molecule has 0 amide bonds. The molecule has 40 heavy (non-hydrogen) atoms. The number of nitrogens with zero attached hydrogens (tertiary/aromatic N) is 2. The highest BCUT2D eigenvalue weighted by Crippen LogP contribution is 2.37. The van der Waals surface area contributed by atoms with E-state index in [9.17, 15) is 0 Å². The summed E-state index contributed by atoms with van der Waals surface area (Å²) in [6, 6.07) is 35.0. The fourth-order valence-electron chi connectivity index (χ4n) is 5.18. The first-order valence-corrected chi connectivity index (χ1v) is 15.6. The SMILES string of the molecule is Cc1oc(-c2ccc(OCc3ccccn3)cc2)nc1CCO[Si](c1ccccc1)(c1ccccc1)C(C)(C)C. The normalized spacial score (nSPS) is 11.9. The third kappa shape index (κ3) is 5.93. The van der Waals surface area contributed by atoms with Crippen molar-refractivity contribution in [2.45, 2.75) is 45.8 Å². The number of aryl methyl sites for hydroxylation is 1. The van der Waals surface area contributed by atoms with E-state index in [2.05, 4.69) is 86.4 Å². The predicted molar refractivity (Wildman–Crippen MR) is 163 cm³/mol. The van der Waals surface area contributed by atoms with Gasteiger partial charge in [0.2, 0.25) is 5.89 Å². The van der Waals surface area contributed by atoms with E-state index in [1.807, 2.05) is 49.4 Å². The molecule has 3 aromatic carbocycles. The van der Waals surface area contributed by atoms with Crippen molar-refractivity contribution in [1.29, 1.82) is 0 Å². The van der Waals surface area contributed by atoms with Crippen LogP contribution in [0.4, 0.5) is 0 Å². The van der Waals surface area contributed by atoms with Gasteiger partial charge < -0.3 is 13.6 Å². The molecule has 0 aliphatic carbocycles. The van der Waals surface area contributed by atoms with Crippen LogP contribution in [0.15, 0.2) is 114 Å². The fraction of sp³-hybridized carbons (Fsp3) is 0.235. The Balaban J connectivity index is 1.31. The van der Waals surface area contributed by atoms with E-state index in [1.165, 1.54) is 10.4 Å². The molecule has 5 nitrogen and oxygen atoms in total. The summed E-state index contributed by atoms with van der Waals surface area (Å²) in [6.45, 7) is 9.83. The average molecular weight is 549 g/mol. The zero-order chi connectivity index (χ0) is 28.0. The van der Waals surface area contributed by atoms with E-state index in [-0.39, 0.29) is 5.04 Å². The molecule has 0 radical (unpaired) electrons. The number of aromatic nitrogens is 2. The molecule has 0 bridgehead atoms. The maximum Gasteiger partial charge on any atom is 0.261 e. The molecule has 204 valence electrons. The number of rotatable bonds is 10. The Labute approximate surface area is 238 Å². The van der Waals surface area contributed by atoms with Crippen molar-refractivity contribution >= 4 is 18.7 Å². The van der Waals surface area contributed by atoms with Gasteiger partial charge in [0.15, 0.2) is 0 Å². The molecule has 0 unspecified atom stereocenters. The molecule has 2 aromatic heterocycles. The zero-order valence-electron chi connectivity index (χ0n) is 23.6. The van der Waals surface area contributed by atoms with Gasteiger partial charge in [-0.1, -0.05) is 87.5 Å². The minimum Gasteiger partial charge on any atom is -0.487 e. The first-order valence-electron chi connectivity index (χ1n) is 13.7. The lowest BCUT2D eigenvalue weighted by Gasteiger charge is -2.43. The fourth-order valence-corrected chi connectivity index (χ4v) is 9.74. The summed E-state index contributed by atoms with van der Waals surface area (Å²) in [7, 11) is -2.59. The van der Waals surface area contributed by atoms with Crippen LogP contribution in [0, 0.1) is 6.92 Å². The lowest BCUT2D eigenvalue weighted by molar-refractivity contribution is 0.300. The Hall–Kier alpha value is -4.00. The molecule has 0 N–H and O–H groups in total. The van der Waals surface area contributed by atoms with Gasteiger partial charge in [0.1, 0.15) is 18.1 Å². The second kappa shape index (κ2) is 12.0. The highest BCUT2D eigenvalue weighted by Gasteiger charge is 2.50. The number of hydrogen-bond donors (Lipinski definition) is 0. The molecule has 5 rings (SSSR count). The van der Waals surface area contributed by atoms with Gasteiger partial charge in [-0.15, -0.1) is 0 Å². The summed E-state index contributed by atoms with van der Waals surface area (Å²) in [5.74, 6) is 2.20. The van der Waals surface area contributed by atoms with Crippen molar-refractivity contribution in [2.75, 3.05) is 6.61 Å². The molecule has 0 saturated heterocycles. The van der Waals surface area contributed by atoms with Crippen molar-refractivity contribution in [1.82, 2.24) is 9.97 Å². The standard InChI is InChI=1S/C34H36N2O3Si/c1-26-32(36-33(39-26)27-18-20-29(21-19-27)37-25-28-13-11-12-23-35-28)22-24-38-40(34(2,3)4,30-14-7-5-8-15-30)31-16-9-6-10-17-31/h5-21,23H,22,24-25H2,1-4H3. The minimum absolute atomic E-state index is 0.0693. The van der Waals surface area contributed by atoms with Gasteiger partial charge in [-0.25, -0.2) is 4.98 Å². The van der Waals surface area contributed by atoms with Crippen LogP contribution in [0.25, 0.3) is 11.5 Å². The number of benzene rings is 3. The Bertz CT molecular complexity index is 1460. The summed E-state index contributed by atoms with van der Waals surface area (Å²) in [4.78, 5) is 9.15. The van der Waals surface area contributed by atoms with Gasteiger partial charge in [0, 0.05) is 24.8 Å². The maximum atomic E-state index is 7.05. The van der Waals surface area contributed by atoms with Crippen LogP contribution < -0.4 is 15.1 Å². The summed E-state index contributed by atoms with van der Waals surface area (Å²) in [5.41, 5.74) is 2.72. The molecule has 0 fully saturated rings. The highest BCUT2D eigenvalue weighted by molar-refractivity contribution is 6.99. The third-order valence-corrected chi connectivity index (χ3v) is 12.2. The van der Waals surface area contributed by atoms with Gasteiger partial charge in [-0.05, 0) is 58.7 Å². The van der Waals surface area contributed by atoms with Gasteiger partial charge in [0.05, 0.1) is 11.4 Å². The number of hydrogen-bond acceptors (Lipinski definition) is 5. The highest BCUT2D eigenvalue weighted by atomic mass is 28.4. The quantitative estimate of drug-likeness (QED) is 0.181. The molecular weight excluding hydrogens is 512 g/mol. The minimum atomic E-state index is -2.59. The molecule has 0 aliphatic rings. The predicted octanol–water partition coefficient (Wildman–Crippen LogP) is 6.74. The summed E-state index contributed by atoms with van der Waals surface area (Å²) in [5, 5.41) is 2.48. The number of oxazole rings is 1. The molecule has 0 aliphatic heterocycles. The molecule has 2 heterocycles. The van der Waals surface area contributed by atoms with E-state index in [0.717, 1.165) is 28.5 Å². The number of pyridine rings is 1. The second-order valence-corrected chi connectivity index (χ2v) is 15.2. The van der Waals surface area contributed by atoms with Crippen LogP contribution in [-0.2, 0) is 17.5 Å². The van der Waals surface area contributed by atoms with Crippen LogP contribution in [0.5, 0.6) is 5.75 Å². The first-order chi connectivity index (χ1) is 19.4. The summed E-state index contributed by atoms with van der Waals surface area (Å²) >= 11 is 0. The van der Waals surface area contributed by atoms with Crippen LogP contribution in [0.1, 0.15) is 37.9 Å². The molecule has 6 heteroatoms. The summed E-state index contributed by atoms with van der Waals surface area (Å²) in [6.07, 6.45) is 2.44. The third-order valence-electron chi connectivity index (χ3n) is 7.18. The van der Waals surface area contributed by atoms with Crippen LogP contribution in [0.2, 0.25) is 5.04 Å². The molecule has 5 aromatic rings. The monoisotopic (exact) mass is 548 g/mol. The van der Waals surface area contributed by atoms with Gasteiger partial charge in [-0.3, -0.25) is 4.98 Å². The van der Waals surface area contributed by atoms with Gasteiger partial charge in [-0.2, -0.15) is 0 Å². The van der Waals surface area contributed by atoms with Crippen LogP contribution in [0.3, 0.4) is 0 Å². The van der Waals surface area contributed by atoms with Gasteiger partial charge >= 0.3 is 0 Å².